The predicted molar refractivity (Wildman–Crippen MR) is 48.8 cm³/mol. The van der Waals surface area contributed by atoms with E-state index in [-0.39, 0.29) is 11.0 Å². The van der Waals surface area contributed by atoms with Gasteiger partial charge in [0.05, 0.1) is 6.61 Å². The topological polar surface area (TPSA) is 9.23 Å². The normalized spacial score (nSPS) is 22.6. The van der Waals surface area contributed by atoms with Crippen LogP contribution in [0.2, 0.25) is 6.04 Å². The Bertz CT molecular complexity index is 93.2. The molecule has 0 N–H and O–H groups in total. The van der Waals surface area contributed by atoms with Gasteiger partial charge in [-0.1, -0.05) is 5.67 Å². The van der Waals surface area contributed by atoms with Crippen LogP contribution in [0.1, 0.15) is 19.8 Å². The van der Waals surface area contributed by atoms with Crippen molar-refractivity contribution >= 4 is 25.3 Å². The van der Waals surface area contributed by atoms with Gasteiger partial charge in [0.1, 0.15) is 0 Å². The molecular formula is C6H16OSi2. The molecule has 0 spiro atoms. The van der Waals surface area contributed by atoms with Crippen LogP contribution < -0.4 is 0 Å². The average molecular weight is 160 g/mol. The van der Waals surface area contributed by atoms with Crippen LogP contribution in [0.4, 0.5) is 0 Å². The van der Waals surface area contributed by atoms with Gasteiger partial charge in [0.2, 0.25) is 8.65 Å². The van der Waals surface area contributed by atoms with Gasteiger partial charge in [0.15, 0.2) is 0 Å². The summed E-state index contributed by atoms with van der Waals surface area (Å²) in [5.74, 6) is 0. The van der Waals surface area contributed by atoms with E-state index < -0.39 is 8.65 Å². The average Bonchev–Trinajstić information content (AvgIpc) is 1.90. The molecule has 1 nitrogen and oxygen atoms in total. The summed E-state index contributed by atoms with van der Waals surface area (Å²) >= 11 is 0. The molecule has 0 radical (unpaired) electrons. The lowest BCUT2D eigenvalue weighted by atomic mass is 10.4. The maximum Gasteiger partial charge on any atom is 0.227 e. The molecule has 0 amide bonds. The highest BCUT2D eigenvalue weighted by molar-refractivity contribution is 6.60. The minimum Gasteiger partial charge on any atom is -0.551 e. The summed E-state index contributed by atoms with van der Waals surface area (Å²) < 4.78 is 5.47. The summed E-state index contributed by atoms with van der Waals surface area (Å²) in [6, 6.07) is 1.33. The van der Waals surface area contributed by atoms with E-state index >= 15 is 0 Å². The van der Waals surface area contributed by atoms with Crippen molar-refractivity contribution in [2.45, 2.75) is 25.8 Å². The third-order valence-electron chi connectivity index (χ3n) is 1.43. The summed E-state index contributed by atoms with van der Waals surface area (Å²) in [7, 11) is -0.412. The van der Waals surface area contributed by atoms with Gasteiger partial charge in [-0.25, -0.2) is 0 Å². The van der Waals surface area contributed by atoms with Gasteiger partial charge < -0.3 is 4.43 Å². The molecule has 9 heavy (non-hydrogen) atoms. The minimum absolute atomic E-state index is 0. The second-order valence-electron chi connectivity index (χ2n) is 2.06. The second kappa shape index (κ2) is 4.93. The van der Waals surface area contributed by atoms with Gasteiger partial charge >= 0.3 is 0 Å². The van der Waals surface area contributed by atoms with Crippen LogP contribution >= 0.6 is 0 Å². The van der Waals surface area contributed by atoms with Crippen molar-refractivity contribution in [3.05, 3.63) is 0 Å². The summed E-state index contributed by atoms with van der Waals surface area (Å²) in [4.78, 5) is 0. The molecule has 1 aliphatic heterocycles. The van der Waals surface area contributed by atoms with E-state index in [9.17, 15) is 0 Å². The number of hydrogen-bond donors (Lipinski definition) is 0. The van der Waals surface area contributed by atoms with E-state index in [2.05, 4.69) is 12.6 Å². The molecule has 0 bridgehead atoms. The fraction of sp³-hybridized carbons (Fsp3) is 0.833. The monoisotopic (exact) mass is 160 g/mol. The molecule has 1 heterocycles. The fourth-order valence-electron chi connectivity index (χ4n) is 0.904. The summed E-state index contributed by atoms with van der Waals surface area (Å²) in [6.07, 6.45) is 2.67. The third-order valence-corrected chi connectivity index (χ3v) is 3.49. The summed E-state index contributed by atoms with van der Waals surface area (Å²) in [5.41, 5.74) is 2.24. The Morgan fingerprint density at radius 1 is 1.44 bits per heavy atom. The molecule has 0 aliphatic carbocycles. The Labute approximate surface area is 62.8 Å². The number of rotatable bonds is 0. The van der Waals surface area contributed by atoms with E-state index in [0.29, 0.717) is 0 Å². The molecule has 3 heteroatoms. The maximum atomic E-state index is 5.47. The first-order chi connectivity index (χ1) is 3.93. The lowest BCUT2D eigenvalue weighted by Crippen LogP contribution is -2.15. The molecule has 1 rings (SSSR count). The van der Waals surface area contributed by atoms with Gasteiger partial charge in [-0.15, -0.1) is 0 Å². The first-order valence-electron chi connectivity index (χ1n) is 3.21. The zero-order chi connectivity index (χ0) is 5.82. The van der Waals surface area contributed by atoms with E-state index in [4.69, 9.17) is 4.43 Å². The van der Waals surface area contributed by atoms with Crippen molar-refractivity contribution in [1.82, 2.24) is 0 Å². The minimum atomic E-state index is -0.412. The van der Waals surface area contributed by atoms with Gasteiger partial charge in [-0.2, -0.15) is 0 Å². The van der Waals surface area contributed by atoms with Crippen LogP contribution in [0.25, 0.3) is 0 Å². The van der Waals surface area contributed by atoms with Gasteiger partial charge in [0, 0.05) is 0 Å². The SMILES string of the molecule is CC=[Si]1CCCCO1.[SiH4]. The lowest BCUT2D eigenvalue weighted by molar-refractivity contribution is 0.301. The Kier molecular flexibility index (Phi) is 4.99. The standard InChI is InChI=1S/C6H12OSi.H4Si/c1-2-8-6-4-3-5-7-8;/h2H,3-6H2,1H3;1H4. The van der Waals surface area contributed by atoms with Crippen molar-refractivity contribution in [3.63, 3.8) is 0 Å². The van der Waals surface area contributed by atoms with Crippen LogP contribution in [-0.4, -0.2) is 31.9 Å². The zero-order valence-corrected chi connectivity index (χ0v) is 6.31. The van der Waals surface area contributed by atoms with E-state index in [1.807, 2.05) is 0 Å². The van der Waals surface area contributed by atoms with E-state index in [0.717, 1.165) is 6.61 Å². The fourth-order valence-corrected chi connectivity index (χ4v) is 2.51. The molecular weight excluding hydrogens is 144 g/mol. The molecule has 1 fully saturated rings. The molecule has 0 aromatic rings. The maximum absolute atomic E-state index is 5.47. The predicted octanol–water partition coefficient (Wildman–Crippen LogP) is -0.260. The Balaban J connectivity index is 0.000000640. The van der Waals surface area contributed by atoms with Crippen molar-refractivity contribution in [2.24, 2.45) is 0 Å². The molecule has 54 valence electrons. The van der Waals surface area contributed by atoms with Crippen molar-refractivity contribution in [2.75, 3.05) is 6.61 Å². The molecule has 0 unspecified atom stereocenters. The molecule has 1 saturated heterocycles. The lowest BCUT2D eigenvalue weighted by Gasteiger charge is -2.13. The molecule has 1 aliphatic rings. The first kappa shape index (κ1) is 9.10. The van der Waals surface area contributed by atoms with Crippen LogP contribution in [0.5, 0.6) is 0 Å². The molecule has 0 saturated carbocycles. The van der Waals surface area contributed by atoms with E-state index in [1.165, 1.54) is 18.9 Å². The second-order valence-corrected chi connectivity index (χ2v) is 4.36. The zero-order valence-electron chi connectivity index (χ0n) is 5.31. The third kappa shape index (κ3) is 2.96. The van der Waals surface area contributed by atoms with Crippen molar-refractivity contribution in [3.8, 4) is 0 Å². The number of hydrogen-bond acceptors (Lipinski definition) is 1. The van der Waals surface area contributed by atoms with Crippen molar-refractivity contribution in [1.29, 1.82) is 0 Å². The van der Waals surface area contributed by atoms with Gasteiger partial charge in [0.25, 0.3) is 0 Å². The smallest absolute Gasteiger partial charge is 0.227 e. The highest BCUT2D eigenvalue weighted by Crippen LogP contribution is 2.04. The largest absolute Gasteiger partial charge is 0.551 e. The Hall–Kier alpha value is 0.104. The van der Waals surface area contributed by atoms with Gasteiger partial charge in [-0.3, -0.25) is 0 Å². The molecule has 0 aromatic carbocycles. The van der Waals surface area contributed by atoms with Crippen molar-refractivity contribution < 1.29 is 4.43 Å². The Morgan fingerprint density at radius 3 is 2.56 bits per heavy atom. The van der Waals surface area contributed by atoms with Crippen LogP contribution in [0.15, 0.2) is 0 Å². The van der Waals surface area contributed by atoms with Crippen LogP contribution in [-0.2, 0) is 4.43 Å². The highest BCUT2D eigenvalue weighted by Gasteiger charge is 2.04. The summed E-state index contributed by atoms with van der Waals surface area (Å²) in [5, 5.41) is 0. The van der Waals surface area contributed by atoms with Gasteiger partial charge in [-0.05, 0) is 36.8 Å². The van der Waals surface area contributed by atoms with Crippen LogP contribution in [0.3, 0.4) is 0 Å². The molecule has 0 aromatic heterocycles. The Morgan fingerprint density at radius 2 is 2.22 bits per heavy atom. The van der Waals surface area contributed by atoms with Crippen LogP contribution in [0, 0.1) is 0 Å². The quantitative estimate of drug-likeness (QED) is 0.444. The molecule has 0 atom stereocenters. The summed E-state index contributed by atoms with van der Waals surface area (Å²) in [6.45, 7) is 3.12. The first-order valence-corrected chi connectivity index (χ1v) is 4.91. The highest BCUT2D eigenvalue weighted by atomic mass is 28.3. The van der Waals surface area contributed by atoms with E-state index in [1.54, 1.807) is 0 Å².